The molecule has 1 aromatic carbocycles. The van der Waals surface area contributed by atoms with Crippen LogP contribution < -0.4 is 10.1 Å². The van der Waals surface area contributed by atoms with Crippen LogP contribution in [-0.4, -0.2) is 37.0 Å². The smallest absolute Gasteiger partial charge is 0.339 e. The lowest BCUT2D eigenvalue weighted by Gasteiger charge is -2.28. The van der Waals surface area contributed by atoms with Gasteiger partial charge < -0.3 is 24.2 Å². The fraction of sp³-hybridized carbons (Fsp3) is 0.476. The number of aromatic nitrogens is 1. The molecule has 160 valence electrons. The summed E-state index contributed by atoms with van der Waals surface area (Å²) in [4.78, 5) is 4.49. The van der Waals surface area contributed by atoms with Gasteiger partial charge >= 0.3 is 7.60 Å². The van der Waals surface area contributed by atoms with E-state index in [1.165, 1.54) is 7.11 Å². The zero-order chi connectivity index (χ0) is 21.6. The van der Waals surface area contributed by atoms with Crippen molar-refractivity contribution in [1.29, 1.82) is 0 Å². The van der Waals surface area contributed by atoms with Gasteiger partial charge in [0.1, 0.15) is 11.5 Å². The lowest BCUT2D eigenvalue weighted by atomic mass is 10.1. The van der Waals surface area contributed by atoms with Crippen molar-refractivity contribution in [1.82, 2.24) is 4.98 Å². The molecule has 0 saturated carbocycles. The van der Waals surface area contributed by atoms with Gasteiger partial charge in [-0.2, -0.15) is 0 Å². The number of phenols is 1. The Morgan fingerprint density at radius 1 is 1.10 bits per heavy atom. The Kier molecular flexibility index (Phi) is 8.08. The van der Waals surface area contributed by atoms with Crippen LogP contribution in [-0.2, 0) is 13.6 Å². The van der Waals surface area contributed by atoms with Crippen LogP contribution in [0.3, 0.4) is 0 Å². The van der Waals surface area contributed by atoms with E-state index in [1.54, 1.807) is 32.9 Å². The van der Waals surface area contributed by atoms with Crippen molar-refractivity contribution < 1.29 is 23.5 Å². The average molecular weight is 422 g/mol. The van der Waals surface area contributed by atoms with Gasteiger partial charge in [0.2, 0.25) is 0 Å². The summed E-state index contributed by atoms with van der Waals surface area (Å²) in [5, 5.41) is 13.5. The van der Waals surface area contributed by atoms with E-state index < -0.39 is 13.3 Å². The Hall–Kier alpha value is -2.08. The number of anilines is 1. The Labute approximate surface area is 173 Å². The number of nitrogens with one attached hydrogen (secondary N) is 1. The highest BCUT2D eigenvalue weighted by atomic mass is 31.2. The molecule has 0 bridgehead atoms. The van der Waals surface area contributed by atoms with E-state index in [2.05, 4.69) is 10.3 Å². The molecule has 0 fully saturated rings. The second-order valence-corrected chi connectivity index (χ2v) is 9.05. The number of hydrogen-bond acceptors (Lipinski definition) is 7. The Balaban J connectivity index is 2.48. The van der Waals surface area contributed by atoms with Gasteiger partial charge in [-0.05, 0) is 69.5 Å². The molecule has 1 atom stereocenters. The molecule has 0 aliphatic heterocycles. The van der Waals surface area contributed by atoms with Gasteiger partial charge in [0.25, 0.3) is 0 Å². The summed E-state index contributed by atoms with van der Waals surface area (Å²) in [6, 6.07) is 7.37. The first-order valence-corrected chi connectivity index (χ1v) is 11.3. The predicted molar refractivity (Wildman–Crippen MR) is 115 cm³/mol. The van der Waals surface area contributed by atoms with Crippen LogP contribution >= 0.6 is 7.60 Å². The van der Waals surface area contributed by atoms with Gasteiger partial charge in [0, 0.05) is 12.2 Å². The summed E-state index contributed by atoms with van der Waals surface area (Å²) < 4.78 is 30.2. The third kappa shape index (κ3) is 5.72. The number of benzene rings is 1. The summed E-state index contributed by atoms with van der Waals surface area (Å²) in [6.07, 6.45) is 0. The molecule has 1 aromatic heterocycles. The molecular weight excluding hydrogens is 391 g/mol. The number of hydrogen-bond donors (Lipinski definition) is 2. The molecule has 2 N–H and O–H groups in total. The molecule has 0 aliphatic rings. The third-order valence-electron chi connectivity index (χ3n) is 4.47. The molecule has 0 amide bonds. The highest BCUT2D eigenvalue weighted by Gasteiger charge is 2.37. The van der Waals surface area contributed by atoms with Gasteiger partial charge in [0.15, 0.2) is 11.5 Å². The second kappa shape index (κ2) is 10.1. The monoisotopic (exact) mass is 422 g/mol. The lowest BCUT2D eigenvalue weighted by molar-refractivity contribution is 0.213. The summed E-state index contributed by atoms with van der Waals surface area (Å²) in [6.45, 7) is 10.0. The standard InChI is InChI=1S/C21H31N2O5P/c1-7-27-29(25,28-8-2)19(13-22-20-10-14(3)9-16(5)23-20)17-11-15(4)21(24)18(12-17)26-6/h9-12,19,24H,7-8,13H2,1-6H3,(H,22,23). The minimum Gasteiger partial charge on any atom is -0.504 e. The molecule has 1 heterocycles. The van der Waals surface area contributed by atoms with Crippen molar-refractivity contribution in [2.45, 2.75) is 40.3 Å². The summed E-state index contributed by atoms with van der Waals surface area (Å²) in [5.74, 6) is 1.06. The largest absolute Gasteiger partial charge is 0.504 e. The first kappa shape index (κ1) is 23.2. The molecule has 1 unspecified atom stereocenters. The van der Waals surface area contributed by atoms with Crippen LogP contribution in [0.1, 0.15) is 41.9 Å². The van der Waals surface area contributed by atoms with Crippen LogP contribution in [0.25, 0.3) is 0 Å². The molecule has 2 rings (SSSR count). The molecule has 0 aliphatic carbocycles. The van der Waals surface area contributed by atoms with Crippen molar-refractivity contribution in [3.8, 4) is 11.5 Å². The molecular formula is C21H31N2O5P. The second-order valence-electron chi connectivity index (χ2n) is 6.83. The first-order chi connectivity index (χ1) is 13.7. The average Bonchev–Trinajstić information content (AvgIpc) is 2.64. The predicted octanol–water partition coefficient (Wildman–Crippen LogP) is 5.14. The lowest BCUT2D eigenvalue weighted by Crippen LogP contribution is -2.17. The van der Waals surface area contributed by atoms with Crippen LogP contribution in [0, 0.1) is 20.8 Å². The van der Waals surface area contributed by atoms with E-state index in [0.29, 0.717) is 22.7 Å². The molecule has 0 radical (unpaired) electrons. The maximum atomic E-state index is 13.7. The molecule has 8 heteroatoms. The van der Waals surface area contributed by atoms with Gasteiger partial charge in [-0.15, -0.1) is 0 Å². The topological polar surface area (TPSA) is 89.9 Å². The number of aryl methyl sites for hydroxylation is 3. The maximum absolute atomic E-state index is 13.7. The first-order valence-electron chi connectivity index (χ1n) is 9.69. The minimum atomic E-state index is -3.50. The van der Waals surface area contributed by atoms with E-state index in [0.717, 1.165) is 11.3 Å². The van der Waals surface area contributed by atoms with Crippen LogP contribution in [0.4, 0.5) is 5.82 Å². The van der Waals surface area contributed by atoms with E-state index in [9.17, 15) is 9.67 Å². The molecule has 29 heavy (non-hydrogen) atoms. The highest BCUT2D eigenvalue weighted by molar-refractivity contribution is 7.54. The van der Waals surface area contributed by atoms with Gasteiger partial charge in [-0.3, -0.25) is 4.57 Å². The number of ether oxygens (including phenoxy) is 1. The van der Waals surface area contributed by atoms with Crippen LogP contribution in [0.15, 0.2) is 24.3 Å². The third-order valence-corrected chi connectivity index (χ3v) is 6.95. The zero-order valence-corrected chi connectivity index (χ0v) is 18.9. The van der Waals surface area contributed by atoms with E-state index in [-0.39, 0.29) is 25.5 Å². The molecule has 7 nitrogen and oxygen atoms in total. The summed E-state index contributed by atoms with van der Waals surface area (Å²) >= 11 is 0. The zero-order valence-electron chi connectivity index (χ0n) is 18.0. The summed E-state index contributed by atoms with van der Waals surface area (Å²) in [5.41, 5.74) is 2.67. The maximum Gasteiger partial charge on any atom is 0.339 e. The van der Waals surface area contributed by atoms with E-state index >= 15 is 0 Å². The molecule has 2 aromatic rings. The number of methoxy groups -OCH3 is 1. The van der Waals surface area contributed by atoms with Gasteiger partial charge in [-0.25, -0.2) is 4.98 Å². The fourth-order valence-corrected chi connectivity index (χ4v) is 5.23. The Morgan fingerprint density at radius 3 is 2.31 bits per heavy atom. The molecule has 0 spiro atoms. The number of aromatic hydroxyl groups is 1. The number of nitrogens with zero attached hydrogens (tertiary/aromatic N) is 1. The number of rotatable bonds is 10. The van der Waals surface area contributed by atoms with E-state index in [1.807, 2.05) is 26.0 Å². The number of pyridine rings is 1. The fourth-order valence-electron chi connectivity index (χ4n) is 3.24. The number of phenolic OH excluding ortho intramolecular Hbond substituents is 1. The van der Waals surface area contributed by atoms with Gasteiger partial charge in [0.05, 0.1) is 20.3 Å². The van der Waals surface area contributed by atoms with Gasteiger partial charge in [-0.1, -0.05) is 6.07 Å². The quantitative estimate of drug-likeness (QED) is 0.512. The van der Waals surface area contributed by atoms with Crippen molar-refractivity contribution >= 4 is 13.4 Å². The Morgan fingerprint density at radius 2 is 1.76 bits per heavy atom. The van der Waals surface area contributed by atoms with Crippen molar-refractivity contribution in [2.24, 2.45) is 0 Å². The SMILES string of the molecule is CCOP(=O)(OCC)C(CNc1cc(C)cc(C)n1)c1cc(C)c(O)c(OC)c1. The molecule has 0 saturated heterocycles. The van der Waals surface area contributed by atoms with E-state index in [4.69, 9.17) is 13.8 Å². The minimum absolute atomic E-state index is 0.0570. The van der Waals surface area contributed by atoms with Crippen LogP contribution in [0.2, 0.25) is 0 Å². The van der Waals surface area contributed by atoms with Crippen LogP contribution in [0.5, 0.6) is 11.5 Å². The van der Waals surface area contributed by atoms with Crippen molar-refractivity contribution in [2.75, 3.05) is 32.2 Å². The van der Waals surface area contributed by atoms with Crippen molar-refractivity contribution in [3.63, 3.8) is 0 Å². The Bertz CT molecular complexity index is 857. The van der Waals surface area contributed by atoms with Crippen molar-refractivity contribution in [3.05, 3.63) is 46.6 Å². The highest BCUT2D eigenvalue weighted by Crippen LogP contribution is 2.61. The summed E-state index contributed by atoms with van der Waals surface area (Å²) in [7, 11) is -2.02. The normalized spacial score (nSPS) is 12.6.